The average Bonchev–Trinajstić information content (AvgIpc) is 3.19. The number of rotatable bonds is 3. The summed E-state index contributed by atoms with van der Waals surface area (Å²) < 4.78 is 2.60. The SMILES string of the molecule is CCn1c(-c2sccc2C)c(C#N)c2ncn(C(=O)NOC(C)(C)C)c(=O)c21. The van der Waals surface area contributed by atoms with Gasteiger partial charge in [0.25, 0.3) is 5.56 Å². The highest BCUT2D eigenvalue weighted by Crippen LogP contribution is 2.36. The molecule has 0 bridgehead atoms. The molecular formula is C19H21N5O3S. The van der Waals surface area contributed by atoms with Gasteiger partial charge in [0.15, 0.2) is 0 Å². The molecule has 146 valence electrons. The Morgan fingerprint density at radius 3 is 2.68 bits per heavy atom. The normalized spacial score (nSPS) is 11.6. The topological polar surface area (TPSA) is 102 Å². The van der Waals surface area contributed by atoms with Crippen LogP contribution in [0.3, 0.4) is 0 Å². The van der Waals surface area contributed by atoms with Crippen LogP contribution < -0.4 is 11.0 Å². The molecule has 0 unspecified atom stereocenters. The second-order valence-corrected chi connectivity index (χ2v) is 8.17. The summed E-state index contributed by atoms with van der Waals surface area (Å²) in [5.41, 5.74) is 3.60. The number of hydrogen-bond acceptors (Lipinski definition) is 6. The van der Waals surface area contributed by atoms with Crippen molar-refractivity contribution in [3.63, 3.8) is 0 Å². The Kier molecular flexibility index (Phi) is 5.10. The number of aromatic nitrogens is 3. The number of nitrogens with one attached hydrogen (secondary N) is 1. The molecule has 1 N–H and O–H groups in total. The van der Waals surface area contributed by atoms with Gasteiger partial charge in [-0.3, -0.25) is 9.63 Å². The fourth-order valence-corrected chi connectivity index (χ4v) is 3.88. The van der Waals surface area contributed by atoms with E-state index in [1.54, 1.807) is 25.3 Å². The lowest BCUT2D eigenvalue weighted by atomic mass is 10.1. The van der Waals surface area contributed by atoms with Gasteiger partial charge in [-0.1, -0.05) is 0 Å². The highest BCUT2D eigenvalue weighted by molar-refractivity contribution is 7.13. The smallest absolute Gasteiger partial charge is 0.333 e. The first-order valence-electron chi connectivity index (χ1n) is 8.76. The Morgan fingerprint density at radius 2 is 2.14 bits per heavy atom. The third-order valence-electron chi connectivity index (χ3n) is 4.13. The van der Waals surface area contributed by atoms with Crippen molar-refractivity contribution in [3.8, 4) is 16.6 Å². The van der Waals surface area contributed by atoms with E-state index in [9.17, 15) is 14.9 Å². The maximum absolute atomic E-state index is 13.1. The molecule has 0 spiro atoms. The minimum Gasteiger partial charge on any atom is -0.333 e. The number of nitriles is 1. The second-order valence-electron chi connectivity index (χ2n) is 7.25. The summed E-state index contributed by atoms with van der Waals surface area (Å²) in [6, 6.07) is 3.39. The van der Waals surface area contributed by atoms with Crippen molar-refractivity contribution in [1.82, 2.24) is 19.6 Å². The van der Waals surface area contributed by atoms with Crippen LogP contribution in [-0.2, 0) is 11.4 Å². The number of hydrogen-bond donors (Lipinski definition) is 1. The molecule has 1 amide bonds. The monoisotopic (exact) mass is 399 g/mol. The van der Waals surface area contributed by atoms with Gasteiger partial charge in [0, 0.05) is 6.54 Å². The molecule has 9 heteroatoms. The molecule has 0 aromatic carbocycles. The zero-order valence-corrected chi connectivity index (χ0v) is 17.2. The van der Waals surface area contributed by atoms with Gasteiger partial charge in [0.05, 0.1) is 16.2 Å². The predicted octanol–water partition coefficient (Wildman–Crippen LogP) is 3.41. The molecule has 0 aliphatic heterocycles. The van der Waals surface area contributed by atoms with E-state index in [0.717, 1.165) is 21.3 Å². The zero-order valence-electron chi connectivity index (χ0n) is 16.4. The largest absolute Gasteiger partial charge is 0.353 e. The van der Waals surface area contributed by atoms with Gasteiger partial charge in [-0.25, -0.2) is 19.8 Å². The van der Waals surface area contributed by atoms with Crippen LogP contribution in [0.2, 0.25) is 0 Å². The third kappa shape index (κ3) is 3.32. The first kappa shape index (κ1) is 19.8. The molecule has 28 heavy (non-hydrogen) atoms. The summed E-state index contributed by atoms with van der Waals surface area (Å²) in [6.45, 7) is 9.60. The van der Waals surface area contributed by atoms with E-state index in [4.69, 9.17) is 4.84 Å². The minimum atomic E-state index is -0.745. The van der Waals surface area contributed by atoms with Gasteiger partial charge in [-0.2, -0.15) is 5.26 Å². The Morgan fingerprint density at radius 1 is 1.43 bits per heavy atom. The summed E-state index contributed by atoms with van der Waals surface area (Å²) >= 11 is 1.50. The number of carbonyl (C=O) groups excluding carboxylic acids is 1. The molecule has 3 heterocycles. The fraction of sp³-hybridized carbons (Fsp3) is 0.368. The van der Waals surface area contributed by atoms with Gasteiger partial charge in [-0.05, 0) is 51.6 Å². The number of nitrogens with zero attached hydrogens (tertiary/aromatic N) is 4. The van der Waals surface area contributed by atoms with Crippen molar-refractivity contribution in [1.29, 1.82) is 5.26 Å². The standard InChI is InChI=1S/C19H21N5O3S/c1-6-23-14(16-11(2)7-8-28-16)12(9-20)13-15(23)17(25)24(10-21-13)18(26)22-27-19(3,4)5/h7-8,10H,6H2,1-5H3,(H,22,26). The maximum atomic E-state index is 13.1. The highest BCUT2D eigenvalue weighted by Gasteiger charge is 2.25. The van der Waals surface area contributed by atoms with Gasteiger partial charge in [0.2, 0.25) is 0 Å². The number of thiophene rings is 1. The van der Waals surface area contributed by atoms with Crippen molar-refractivity contribution in [2.24, 2.45) is 0 Å². The summed E-state index contributed by atoms with van der Waals surface area (Å²) in [5.74, 6) is 0. The first-order chi connectivity index (χ1) is 13.2. The molecule has 0 saturated heterocycles. The Balaban J connectivity index is 2.24. The number of fused-ring (bicyclic) bond motifs is 1. The minimum absolute atomic E-state index is 0.218. The van der Waals surface area contributed by atoms with Crippen LogP contribution in [-0.4, -0.2) is 25.8 Å². The van der Waals surface area contributed by atoms with Crippen molar-refractivity contribution in [3.05, 3.63) is 39.3 Å². The Bertz CT molecular complexity index is 1160. The van der Waals surface area contributed by atoms with E-state index in [-0.39, 0.29) is 11.0 Å². The molecule has 0 saturated carbocycles. The maximum Gasteiger partial charge on any atom is 0.353 e. The highest BCUT2D eigenvalue weighted by atomic mass is 32.1. The Labute approximate surface area is 165 Å². The molecule has 0 aliphatic rings. The molecule has 0 radical (unpaired) electrons. The van der Waals surface area contributed by atoms with Gasteiger partial charge in [-0.15, -0.1) is 11.3 Å². The van der Waals surface area contributed by atoms with Crippen LogP contribution >= 0.6 is 11.3 Å². The van der Waals surface area contributed by atoms with Gasteiger partial charge in [0.1, 0.15) is 29.0 Å². The third-order valence-corrected chi connectivity index (χ3v) is 5.15. The van der Waals surface area contributed by atoms with Crippen LogP contribution in [0.5, 0.6) is 0 Å². The summed E-state index contributed by atoms with van der Waals surface area (Å²) in [5, 5.41) is 11.7. The number of hydroxylamine groups is 1. The summed E-state index contributed by atoms with van der Waals surface area (Å²) in [4.78, 5) is 35.9. The quantitative estimate of drug-likeness (QED) is 0.680. The van der Waals surface area contributed by atoms with Gasteiger partial charge >= 0.3 is 6.03 Å². The first-order valence-corrected chi connectivity index (χ1v) is 9.64. The molecule has 0 atom stereocenters. The van der Waals surface area contributed by atoms with E-state index < -0.39 is 17.2 Å². The lowest BCUT2D eigenvalue weighted by molar-refractivity contribution is -0.0527. The van der Waals surface area contributed by atoms with E-state index in [1.807, 2.05) is 25.3 Å². The van der Waals surface area contributed by atoms with Crippen LogP contribution in [0.4, 0.5) is 4.79 Å². The second kappa shape index (κ2) is 7.22. The summed E-state index contributed by atoms with van der Waals surface area (Å²) in [6.07, 6.45) is 1.12. The molecule has 3 aromatic rings. The molecule has 0 aliphatic carbocycles. The average molecular weight is 399 g/mol. The van der Waals surface area contributed by atoms with Crippen LogP contribution in [0, 0.1) is 18.3 Å². The van der Waals surface area contributed by atoms with Crippen LogP contribution in [0.15, 0.2) is 22.6 Å². The van der Waals surface area contributed by atoms with Crippen molar-refractivity contribution < 1.29 is 9.63 Å². The number of carbonyl (C=O) groups is 1. The van der Waals surface area contributed by atoms with E-state index >= 15 is 0 Å². The van der Waals surface area contributed by atoms with E-state index in [1.165, 1.54) is 11.3 Å². The van der Waals surface area contributed by atoms with Crippen molar-refractivity contribution in [2.75, 3.05) is 0 Å². The van der Waals surface area contributed by atoms with E-state index in [2.05, 4.69) is 16.5 Å². The molecule has 3 rings (SSSR count). The molecular weight excluding hydrogens is 378 g/mol. The molecule has 8 nitrogen and oxygen atoms in total. The molecule has 3 aromatic heterocycles. The van der Waals surface area contributed by atoms with Crippen molar-refractivity contribution in [2.45, 2.75) is 46.8 Å². The lowest BCUT2D eigenvalue weighted by Gasteiger charge is -2.19. The lowest BCUT2D eigenvalue weighted by Crippen LogP contribution is -2.40. The number of aryl methyl sites for hydroxylation is 2. The number of amides is 1. The predicted molar refractivity (Wildman–Crippen MR) is 107 cm³/mol. The van der Waals surface area contributed by atoms with Gasteiger partial charge < -0.3 is 4.57 Å². The van der Waals surface area contributed by atoms with Crippen LogP contribution in [0.25, 0.3) is 21.6 Å². The van der Waals surface area contributed by atoms with Crippen molar-refractivity contribution >= 4 is 28.4 Å². The fourth-order valence-electron chi connectivity index (χ4n) is 2.89. The van der Waals surface area contributed by atoms with Crippen LogP contribution in [0.1, 0.15) is 38.8 Å². The summed E-state index contributed by atoms with van der Waals surface area (Å²) in [7, 11) is 0. The Hall–Kier alpha value is -2.96. The van der Waals surface area contributed by atoms with E-state index in [0.29, 0.717) is 17.8 Å². The molecule has 0 fully saturated rings. The zero-order chi connectivity index (χ0) is 20.6.